The molecule has 0 spiro atoms. The number of likely N-dealkylation sites (N-methyl/N-ethyl adjacent to an activating group) is 1. The highest BCUT2D eigenvalue weighted by Gasteiger charge is 2.31. The number of nitrogens with one attached hydrogen (secondary N) is 2. The van der Waals surface area contributed by atoms with Crippen LogP contribution in [0.5, 0.6) is 0 Å². The number of hydrogen-bond acceptors (Lipinski definition) is 2. The van der Waals surface area contributed by atoms with Gasteiger partial charge in [0.15, 0.2) is 0 Å². The van der Waals surface area contributed by atoms with E-state index in [1.165, 1.54) is 0 Å². The first-order chi connectivity index (χ1) is 8.86. The second kappa shape index (κ2) is 8.06. The fraction of sp³-hybridized carbons (Fsp3) is 0.417. The first kappa shape index (κ1) is 18.7. The smallest absolute Gasteiger partial charge is 0.351 e. The largest absolute Gasteiger partial charge is 0.416 e. The number of amides is 1. The molecule has 0 aliphatic rings. The van der Waals surface area contributed by atoms with Crippen LogP contribution in [0.15, 0.2) is 18.2 Å². The molecule has 0 bridgehead atoms. The van der Waals surface area contributed by atoms with Crippen molar-refractivity contribution in [1.29, 1.82) is 0 Å². The van der Waals surface area contributed by atoms with E-state index >= 15 is 0 Å². The Kier molecular flexibility index (Phi) is 7.52. The molecular formula is C12H15ClF4N2O. The van der Waals surface area contributed by atoms with Crippen LogP contribution >= 0.6 is 12.4 Å². The van der Waals surface area contributed by atoms with E-state index in [1.807, 2.05) is 6.92 Å². The molecule has 1 aromatic carbocycles. The van der Waals surface area contributed by atoms with Gasteiger partial charge in [-0.1, -0.05) is 6.92 Å². The highest BCUT2D eigenvalue weighted by atomic mass is 35.5. The molecule has 0 atom stereocenters. The number of alkyl halides is 3. The summed E-state index contributed by atoms with van der Waals surface area (Å²) in [5, 5.41) is 5.26. The lowest BCUT2D eigenvalue weighted by Crippen LogP contribution is -2.32. The molecule has 0 unspecified atom stereocenters. The molecule has 8 heteroatoms. The molecule has 0 saturated heterocycles. The predicted molar refractivity (Wildman–Crippen MR) is 69.5 cm³/mol. The molecule has 0 aromatic heterocycles. The van der Waals surface area contributed by atoms with E-state index in [1.54, 1.807) is 0 Å². The predicted octanol–water partition coefficient (Wildman–Crippen LogP) is 2.61. The van der Waals surface area contributed by atoms with Crippen molar-refractivity contribution in [3.8, 4) is 0 Å². The molecule has 0 saturated carbocycles. The number of hydrogen-bond donors (Lipinski definition) is 2. The zero-order chi connectivity index (χ0) is 14.5. The zero-order valence-electron chi connectivity index (χ0n) is 10.7. The minimum Gasteiger partial charge on any atom is -0.351 e. The van der Waals surface area contributed by atoms with Crippen LogP contribution in [0.4, 0.5) is 17.6 Å². The molecule has 0 aliphatic carbocycles. The number of carbonyl (C=O) groups is 1. The standard InChI is InChI=1S/C12H14F4N2O.ClH/c1-2-17-5-6-18-11(19)9-7-8(12(14,15)16)3-4-10(9)13;/h3-4,7,17H,2,5-6H2,1H3,(H,18,19);1H. The Labute approximate surface area is 120 Å². The highest BCUT2D eigenvalue weighted by molar-refractivity contribution is 5.94. The van der Waals surface area contributed by atoms with Crippen molar-refractivity contribution in [2.75, 3.05) is 19.6 Å². The number of benzene rings is 1. The molecule has 0 radical (unpaired) electrons. The summed E-state index contributed by atoms with van der Waals surface area (Å²) in [5.74, 6) is -1.84. The van der Waals surface area contributed by atoms with Crippen LogP contribution in [0.1, 0.15) is 22.8 Å². The summed E-state index contributed by atoms with van der Waals surface area (Å²) in [6.07, 6.45) is -4.60. The van der Waals surface area contributed by atoms with Crippen molar-refractivity contribution in [3.63, 3.8) is 0 Å². The van der Waals surface area contributed by atoms with E-state index < -0.39 is 29.0 Å². The topological polar surface area (TPSA) is 41.1 Å². The summed E-state index contributed by atoms with van der Waals surface area (Å²) < 4.78 is 50.7. The van der Waals surface area contributed by atoms with Crippen molar-refractivity contribution >= 4 is 18.3 Å². The highest BCUT2D eigenvalue weighted by Crippen LogP contribution is 2.30. The lowest BCUT2D eigenvalue weighted by atomic mass is 10.1. The van der Waals surface area contributed by atoms with Gasteiger partial charge in [-0.3, -0.25) is 4.79 Å². The third-order valence-electron chi connectivity index (χ3n) is 2.38. The average Bonchev–Trinajstić information content (AvgIpc) is 2.33. The molecule has 0 heterocycles. The van der Waals surface area contributed by atoms with Gasteiger partial charge in [0.2, 0.25) is 0 Å². The van der Waals surface area contributed by atoms with Gasteiger partial charge in [-0.2, -0.15) is 13.2 Å². The third kappa shape index (κ3) is 5.34. The van der Waals surface area contributed by atoms with Crippen molar-refractivity contribution in [2.24, 2.45) is 0 Å². The zero-order valence-corrected chi connectivity index (χ0v) is 11.5. The van der Waals surface area contributed by atoms with Gasteiger partial charge in [0, 0.05) is 13.1 Å². The summed E-state index contributed by atoms with van der Waals surface area (Å²) >= 11 is 0. The quantitative estimate of drug-likeness (QED) is 0.648. The maximum absolute atomic E-state index is 13.3. The number of halogens is 5. The maximum Gasteiger partial charge on any atom is 0.416 e. The van der Waals surface area contributed by atoms with Crippen molar-refractivity contribution in [2.45, 2.75) is 13.1 Å². The van der Waals surface area contributed by atoms with E-state index in [0.29, 0.717) is 31.3 Å². The first-order valence-corrected chi connectivity index (χ1v) is 5.72. The van der Waals surface area contributed by atoms with Gasteiger partial charge in [0.25, 0.3) is 5.91 Å². The Morgan fingerprint density at radius 2 is 1.90 bits per heavy atom. The Morgan fingerprint density at radius 1 is 1.25 bits per heavy atom. The van der Waals surface area contributed by atoms with Gasteiger partial charge < -0.3 is 10.6 Å². The minimum atomic E-state index is -4.60. The average molecular weight is 315 g/mol. The lowest BCUT2D eigenvalue weighted by Gasteiger charge is -2.10. The van der Waals surface area contributed by atoms with Gasteiger partial charge in [-0.15, -0.1) is 12.4 Å². The summed E-state index contributed by atoms with van der Waals surface area (Å²) in [5.41, 5.74) is -1.66. The molecule has 1 rings (SSSR count). The number of carbonyl (C=O) groups excluding carboxylic acids is 1. The fourth-order valence-corrected chi connectivity index (χ4v) is 1.41. The lowest BCUT2D eigenvalue weighted by molar-refractivity contribution is -0.137. The van der Waals surface area contributed by atoms with Crippen LogP contribution in [-0.2, 0) is 6.18 Å². The van der Waals surface area contributed by atoms with Crippen LogP contribution in [0.3, 0.4) is 0 Å². The summed E-state index contributed by atoms with van der Waals surface area (Å²) in [6.45, 7) is 3.24. The van der Waals surface area contributed by atoms with Crippen molar-refractivity contribution in [3.05, 3.63) is 35.1 Å². The molecule has 1 amide bonds. The molecule has 2 N–H and O–H groups in total. The van der Waals surface area contributed by atoms with Gasteiger partial charge in [0.05, 0.1) is 11.1 Å². The van der Waals surface area contributed by atoms with Gasteiger partial charge in [-0.05, 0) is 24.7 Å². The van der Waals surface area contributed by atoms with Crippen molar-refractivity contribution in [1.82, 2.24) is 10.6 Å². The van der Waals surface area contributed by atoms with E-state index in [9.17, 15) is 22.4 Å². The molecule has 114 valence electrons. The molecule has 0 fully saturated rings. The second-order valence-electron chi connectivity index (χ2n) is 3.80. The summed E-state index contributed by atoms with van der Waals surface area (Å²) in [4.78, 5) is 11.6. The van der Waals surface area contributed by atoms with Crippen molar-refractivity contribution < 1.29 is 22.4 Å². The summed E-state index contributed by atoms with van der Waals surface area (Å²) in [6, 6.07) is 1.75. The van der Waals surface area contributed by atoms with Crippen LogP contribution in [0.25, 0.3) is 0 Å². The number of rotatable bonds is 5. The Bertz CT molecular complexity index is 452. The van der Waals surface area contributed by atoms with Crippen LogP contribution < -0.4 is 10.6 Å². The third-order valence-corrected chi connectivity index (χ3v) is 2.38. The van der Waals surface area contributed by atoms with E-state index in [-0.39, 0.29) is 19.0 Å². The SMILES string of the molecule is CCNCCNC(=O)c1cc(C(F)(F)F)ccc1F.Cl. The normalized spacial score (nSPS) is 10.8. The summed E-state index contributed by atoms with van der Waals surface area (Å²) in [7, 11) is 0. The van der Waals surface area contributed by atoms with Gasteiger partial charge in [0.1, 0.15) is 5.82 Å². The van der Waals surface area contributed by atoms with Crippen LogP contribution in [-0.4, -0.2) is 25.5 Å². The minimum absolute atomic E-state index is 0. The van der Waals surface area contributed by atoms with E-state index in [0.717, 1.165) is 0 Å². The first-order valence-electron chi connectivity index (χ1n) is 5.72. The Hall–Kier alpha value is -1.34. The molecular weight excluding hydrogens is 300 g/mol. The van der Waals surface area contributed by atoms with Gasteiger partial charge in [-0.25, -0.2) is 4.39 Å². The molecule has 3 nitrogen and oxygen atoms in total. The molecule has 1 aromatic rings. The Balaban J connectivity index is 0.00000361. The maximum atomic E-state index is 13.3. The van der Waals surface area contributed by atoms with E-state index in [4.69, 9.17) is 0 Å². The van der Waals surface area contributed by atoms with Crippen LogP contribution in [0, 0.1) is 5.82 Å². The molecule has 0 aliphatic heterocycles. The fourth-order valence-electron chi connectivity index (χ4n) is 1.41. The van der Waals surface area contributed by atoms with E-state index in [2.05, 4.69) is 10.6 Å². The van der Waals surface area contributed by atoms with Gasteiger partial charge >= 0.3 is 6.18 Å². The van der Waals surface area contributed by atoms with Crippen LogP contribution in [0.2, 0.25) is 0 Å². The second-order valence-corrected chi connectivity index (χ2v) is 3.80. The molecule has 20 heavy (non-hydrogen) atoms. The monoisotopic (exact) mass is 314 g/mol. The Morgan fingerprint density at radius 3 is 2.45 bits per heavy atom.